The molecule has 0 saturated heterocycles. The fourth-order valence-electron chi connectivity index (χ4n) is 1.67. The van der Waals surface area contributed by atoms with Crippen LogP contribution in [0.3, 0.4) is 0 Å². The van der Waals surface area contributed by atoms with Gasteiger partial charge in [0, 0.05) is 11.4 Å². The monoisotopic (exact) mass is 205 g/mol. The van der Waals surface area contributed by atoms with Crippen LogP contribution in [0.4, 0.5) is 0 Å². The Morgan fingerprint density at radius 2 is 2.20 bits per heavy atom. The molecule has 1 atom stereocenters. The van der Waals surface area contributed by atoms with Gasteiger partial charge in [0.05, 0.1) is 6.04 Å². The summed E-state index contributed by atoms with van der Waals surface area (Å²) in [5.41, 5.74) is 7.12. The van der Waals surface area contributed by atoms with Crippen molar-refractivity contribution in [2.24, 2.45) is 5.84 Å². The van der Waals surface area contributed by atoms with E-state index >= 15 is 0 Å². The van der Waals surface area contributed by atoms with Crippen molar-refractivity contribution in [1.82, 2.24) is 10.4 Å². The van der Waals surface area contributed by atoms with Crippen molar-refractivity contribution in [1.29, 1.82) is 0 Å². The van der Waals surface area contributed by atoms with Crippen molar-refractivity contribution in [3.63, 3.8) is 0 Å². The number of hydrazine groups is 1. The Bertz CT molecular complexity index is 358. The predicted octanol–water partition coefficient (Wildman–Crippen LogP) is 2.17. The maximum Gasteiger partial charge on any atom is 0.0514 e. The molecule has 0 aliphatic carbocycles. The average molecular weight is 205 g/mol. The van der Waals surface area contributed by atoms with Gasteiger partial charge in [0.25, 0.3) is 0 Å². The third-order valence-electron chi connectivity index (χ3n) is 2.40. The molecule has 1 aromatic rings. The summed E-state index contributed by atoms with van der Waals surface area (Å²) in [6, 6.07) is 4.19. The van der Waals surface area contributed by atoms with E-state index in [1.54, 1.807) is 0 Å². The zero-order chi connectivity index (χ0) is 11.4. The van der Waals surface area contributed by atoms with Gasteiger partial charge in [0.15, 0.2) is 0 Å². The van der Waals surface area contributed by atoms with Crippen LogP contribution in [0, 0.1) is 13.8 Å². The standard InChI is InChI=1S/C12H19N3/c1-8(2)7-12(15-13)11-6-5-9(3)14-10(11)4/h5-6,12,15H,1,7,13H2,2-4H3. The van der Waals surface area contributed by atoms with E-state index in [2.05, 4.69) is 23.1 Å². The molecule has 0 fully saturated rings. The molecule has 0 aromatic carbocycles. The molecular formula is C12H19N3. The molecule has 3 N–H and O–H groups in total. The number of aryl methyl sites for hydroxylation is 2. The van der Waals surface area contributed by atoms with Gasteiger partial charge in [-0.3, -0.25) is 16.3 Å². The lowest BCUT2D eigenvalue weighted by Crippen LogP contribution is -2.29. The van der Waals surface area contributed by atoms with Gasteiger partial charge in [0.1, 0.15) is 0 Å². The lowest BCUT2D eigenvalue weighted by Gasteiger charge is -2.18. The molecule has 0 saturated carbocycles. The average Bonchev–Trinajstić information content (AvgIpc) is 2.14. The smallest absolute Gasteiger partial charge is 0.0514 e. The molecule has 1 heterocycles. The fraction of sp³-hybridized carbons (Fsp3) is 0.417. The summed E-state index contributed by atoms with van der Waals surface area (Å²) >= 11 is 0. The fourth-order valence-corrected chi connectivity index (χ4v) is 1.67. The molecule has 15 heavy (non-hydrogen) atoms. The molecule has 82 valence electrons. The number of nitrogens with zero attached hydrogens (tertiary/aromatic N) is 1. The van der Waals surface area contributed by atoms with E-state index in [0.29, 0.717) is 0 Å². The number of nitrogens with one attached hydrogen (secondary N) is 1. The normalized spacial score (nSPS) is 12.5. The number of aromatic nitrogens is 1. The van der Waals surface area contributed by atoms with E-state index in [1.807, 2.05) is 26.8 Å². The number of rotatable bonds is 4. The van der Waals surface area contributed by atoms with Crippen LogP contribution in [0.15, 0.2) is 24.3 Å². The van der Waals surface area contributed by atoms with Gasteiger partial charge in [-0.25, -0.2) is 0 Å². The Kier molecular flexibility index (Phi) is 4.00. The highest BCUT2D eigenvalue weighted by molar-refractivity contribution is 5.26. The summed E-state index contributed by atoms with van der Waals surface area (Å²) in [4.78, 5) is 4.42. The van der Waals surface area contributed by atoms with Gasteiger partial charge in [-0.2, -0.15) is 0 Å². The molecule has 0 aliphatic rings. The zero-order valence-electron chi connectivity index (χ0n) is 9.67. The summed E-state index contributed by atoms with van der Waals surface area (Å²) in [5.74, 6) is 5.54. The predicted molar refractivity (Wildman–Crippen MR) is 63.2 cm³/mol. The number of pyridine rings is 1. The van der Waals surface area contributed by atoms with Gasteiger partial charge >= 0.3 is 0 Å². The third-order valence-corrected chi connectivity index (χ3v) is 2.40. The summed E-state index contributed by atoms with van der Waals surface area (Å²) in [7, 11) is 0. The van der Waals surface area contributed by atoms with Gasteiger partial charge in [-0.05, 0) is 38.8 Å². The van der Waals surface area contributed by atoms with E-state index in [4.69, 9.17) is 5.84 Å². The first-order valence-electron chi connectivity index (χ1n) is 5.09. The van der Waals surface area contributed by atoms with Gasteiger partial charge in [-0.15, -0.1) is 6.58 Å². The molecule has 0 amide bonds. The Hall–Kier alpha value is -1.19. The van der Waals surface area contributed by atoms with Crippen LogP contribution in [0.2, 0.25) is 0 Å². The molecule has 0 aliphatic heterocycles. The second-order valence-corrected chi connectivity index (χ2v) is 4.01. The van der Waals surface area contributed by atoms with Crippen molar-refractivity contribution in [3.05, 3.63) is 41.2 Å². The minimum atomic E-state index is 0.107. The van der Waals surface area contributed by atoms with E-state index < -0.39 is 0 Å². The molecule has 0 spiro atoms. The highest BCUT2D eigenvalue weighted by atomic mass is 15.2. The Balaban J connectivity index is 2.96. The maximum absolute atomic E-state index is 5.54. The van der Waals surface area contributed by atoms with Crippen molar-refractivity contribution < 1.29 is 0 Å². The summed E-state index contributed by atoms with van der Waals surface area (Å²) in [6.45, 7) is 9.89. The lowest BCUT2D eigenvalue weighted by atomic mass is 9.99. The molecule has 1 aromatic heterocycles. The van der Waals surface area contributed by atoms with Gasteiger partial charge in [-0.1, -0.05) is 11.6 Å². The van der Waals surface area contributed by atoms with Crippen molar-refractivity contribution in [2.75, 3.05) is 0 Å². The minimum absolute atomic E-state index is 0.107. The number of hydrogen-bond acceptors (Lipinski definition) is 3. The Labute approximate surface area is 91.4 Å². The topological polar surface area (TPSA) is 50.9 Å². The van der Waals surface area contributed by atoms with Gasteiger partial charge in [0.2, 0.25) is 0 Å². The first-order valence-corrected chi connectivity index (χ1v) is 5.09. The van der Waals surface area contributed by atoms with Crippen LogP contribution in [0.5, 0.6) is 0 Å². The second-order valence-electron chi connectivity index (χ2n) is 4.01. The second kappa shape index (κ2) is 5.05. The van der Waals surface area contributed by atoms with Crippen molar-refractivity contribution >= 4 is 0 Å². The molecule has 1 rings (SSSR count). The summed E-state index contributed by atoms with van der Waals surface area (Å²) in [5, 5.41) is 0. The lowest BCUT2D eigenvalue weighted by molar-refractivity contribution is 0.545. The van der Waals surface area contributed by atoms with Crippen LogP contribution in [-0.4, -0.2) is 4.98 Å². The minimum Gasteiger partial charge on any atom is -0.271 e. The molecule has 3 nitrogen and oxygen atoms in total. The quantitative estimate of drug-likeness (QED) is 0.450. The molecule has 3 heteroatoms. The van der Waals surface area contributed by atoms with Gasteiger partial charge < -0.3 is 0 Å². The summed E-state index contributed by atoms with van der Waals surface area (Å²) < 4.78 is 0. The molecular weight excluding hydrogens is 186 g/mol. The largest absolute Gasteiger partial charge is 0.271 e. The SMILES string of the molecule is C=C(C)CC(NN)c1ccc(C)nc1C. The highest BCUT2D eigenvalue weighted by Crippen LogP contribution is 2.21. The number of nitrogens with two attached hydrogens (primary N) is 1. The zero-order valence-corrected chi connectivity index (χ0v) is 9.67. The Morgan fingerprint density at radius 3 is 2.67 bits per heavy atom. The molecule has 0 radical (unpaired) electrons. The number of hydrogen-bond donors (Lipinski definition) is 2. The van der Waals surface area contributed by atoms with Crippen molar-refractivity contribution in [2.45, 2.75) is 33.2 Å². The third kappa shape index (κ3) is 3.15. The maximum atomic E-state index is 5.54. The van der Waals surface area contributed by atoms with Crippen LogP contribution in [0.25, 0.3) is 0 Å². The van der Waals surface area contributed by atoms with Crippen LogP contribution < -0.4 is 11.3 Å². The van der Waals surface area contributed by atoms with Crippen LogP contribution >= 0.6 is 0 Å². The van der Waals surface area contributed by atoms with Crippen molar-refractivity contribution in [3.8, 4) is 0 Å². The van der Waals surface area contributed by atoms with E-state index in [0.717, 1.165) is 28.9 Å². The van der Waals surface area contributed by atoms with E-state index in [-0.39, 0.29) is 6.04 Å². The van der Waals surface area contributed by atoms with Crippen LogP contribution in [-0.2, 0) is 0 Å². The van der Waals surface area contributed by atoms with E-state index in [9.17, 15) is 0 Å². The van der Waals surface area contributed by atoms with Crippen LogP contribution in [0.1, 0.15) is 36.3 Å². The Morgan fingerprint density at radius 1 is 1.53 bits per heavy atom. The first kappa shape index (κ1) is 11.9. The molecule has 1 unspecified atom stereocenters. The first-order chi connectivity index (χ1) is 7.04. The van der Waals surface area contributed by atoms with E-state index in [1.165, 1.54) is 0 Å². The molecule has 0 bridgehead atoms. The summed E-state index contributed by atoms with van der Waals surface area (Å²) in [6.07, 6.45) is 0.835. The highest BCUT2D eigenvalue weighted by Gasteiger charge is 2.12.